The number of hydrogen-bond donors (Lipinski definition) is 1. The van der Waals surface area contributed by atoms with Crippen LogP contribution < -0.4 is 0 Å². The van der Waals surface area contributed by atoms with Crippen LogP contribution in [-0.2, 0) is 4.74 Å². The lowest BCUT2D eigenvalue weighted by molar-refractivity contribution is -0.0702. The van der Waals surface area contributed by atoms with Crippen LogP contribution >= 0.6 is 0 Å². The highest BCUT2D eigenvalue weighted by Crippen LogP contribution is 2.19. The second-order valence-corrected chi connectivity index (χ2v) is 5.38. The van der Waals surface area contributed by atoms with Crippen LogP contribution in [0.5, 0.6) is 0 Å². The van der Waals surface area contributed by atoms with Gasteiger partial charge in [0.2, 0.25) is 0 Å². The maximum Gasteiger partial charge on any atom is 0.123 e. The van der Waals surface area contributed by atoms with Crippen LogP contribution in [0.1, 0.15) is 31.9 Å². The standard InChI is InChI=1S/C15H22FNO2/c1-11-9-17(10-12(2)19-11)7-6-15(18)13-4-3-5-14(16)8-13/h3-5,8,11-12,15,18H,6-7,9-10H2,1-2H3. The summed E-state index contributed by atoms with van der Waals surface area (Å²) in [5, 5.41) is 10.1. The van der Waals surface area contributed by atoms with Crippen molar-refractivity contribution in [3.63, 3.8) is 0 Å². The van der Waals surface area contributed by atoms with Gasteiger partial charge in [-0.1, -0.05) is 12.1 Å². The summed E-state index contributed by atoms with van der Waals surface area (Å²) >= 11 is 0. The summed E-state index contributed by atoms with van der Waals surface area (Å²) in [6.45, 7) is 6.70. The fraction of sp³-hybridized carbons (Fsp3) is 0.600. The highest BCUT2D eigenvalue weighted by molar-refractivity contribution is 5.18. The Morgan fingerprint density at radius 1 is 1.37 bits per heavy atom. The SMILES string of the molecule is CC1CN(CCC(O)c2cccc(F)c2)CC(C)O1. The number of rotatable bonds is 4. The minimum atomic E-state index is -0.607. The number of aliphatic hydroxyl groups is 1. The molecule has 0 spiro atoms. The molecule has 4 heteroatoms. The molecule has 2 rings (SSSR count). The smallest absolute Gasteiger partial charge is 0.123 e. The van der Waals surface area contributed by atoms with Crippen LogP contribution in [0.4, 0.5) is 4.39 Å². The van der Waals surface area contributed by atoms with Gasteiger partial charge in [-0.2, -0.15) is 0 Å². The lowest BCUT2D eigenvalue weighted by atomic mass is 10.1. The Labute approximate surface area is 114 Å². The summed E-state index contributed by atoms with van der Waals surface area (Å²) < 4.78 is 18.8. The molecule has 1 saturated heterocycles. The molecule has 0 bridgehead atoms. The fourth-order valence-corrected chi connectivity index (χ4v) is 2.65. The van der Waals surface area contributed by atoms with Crippen molar-refractivity contribution in [2.24, 2.45) is 0 Å². The van der Waals surface area contributed by atoms with E-state index < -0.39 is 6.10 Å². The molecule has 0 aromatic heterocycles. The number of benzene rings is 1. The predicted octanol–water partition coefficient (Wildman–Crippen LogP) is 2.36. The maximum atomic E-state index is 13.1. The average Bonchev–Trinajstić information content (AvgIpc) is 2.35. The number of aliphatic hydroxyl groups excluding tert-OH is 1. The third kappa shape index (κ3) is 4.27. The first-order valence-electron chi connectivity index (χ1n) is 6.86. The maximum absolute atomic E-state index is 13.1. The molecule has 0 saturated carbocycles. The van der Waals surface area contributed by atoms with E-state index in [1.165, 1.54) is 12.1 Å². The van der Waals surface area contributed by atoms with E-state index in [1.807, 2.05) is 0 Å². The van der Waals surface area contributed by atoms with E-state index in [-0.39, 0.29) is 18.0 Å². The van der Waals surface area contributed by atoms with Crippen LogP contribution in [0.3, 0.4) is 0 Å². The summed E-state index contributed by atoms with van der Waals surface area (Å²) in [7, 11) is 0. The van der Waals surface area contributed by atoms with Gasteiger partial charge in [0.15, 0.2) is 0 Å². The molecule has 0 aliphatic carbocycles. The highest BCUT2D eigenvalue weighted by Gasteiger charge is 2.22. The van der Waals surface area contributed by atoms with E-state index in [0.29, 0.717) is 12.0 Å². The van der Waals surface area contributed by atoms with E-state index in [2.05, 4.69) is 18.7 Å². The summed E-state index contributed by atoms with van der Waals surface area (Å²) in [5.74, 6) is -0.301. The van der Waals surface area contributed by atoms with E-state index in [4.69, 9.17) is 4.74 Å². The van der Waals surface area contributed by atoms with Crippen molar-refractivity contribution in [2.45, 2.75) is 38.6 Å². The van der Waals surface area contributed by atoms with Gasteiger partial charge in [-0.05, 0) is 38.0 Å². The van der Waals surface area contributed by atoms with E-state index in [1.54, 1.807) is 12.1 Å². The van der Waals surface area contributed by atoms with Crippen LogP contribution in [0, 0.1) is 5.82 Å². The van der Waals surface area contributed by atoms with Crippen molar-refractivity contribution in [2.75, 3.05) is 19.6 Å². The minimum absolute atomic E-state index is 0.232. The Morgan fingerprint density at radius 3 is 2.68 bits per heavy atom. The number of nitrogens with zero attached hydrogens (tertiary/aromatic N) is 1. The molecule has 0 amide bonds. The molecule has 19 heavy (non-hydrogen) atoms. The quantitative estimate of drug-likeness (QED) is 0.909. The predicted molar refractivity (Wildman–Crippen MR) is 72.4 cm³/mol. The molecule has 106 valence electrons. The van der Waals surface area contributed by atoms with Gasteiger partial charge in [0.1, 0.15) is 5.82 Å². The molecule has 1 N–H and O–H groups in total. The second-order valence-electron chi connectivity index (χ2n) is 5.38. The zero-order valence-electron chi connectivity index (χ0n) is 11.6. The third-order valence-corrected chi connectivity index (χ3v) is 3.45. The molecule has 1 aliphatic rings. The van der Waals surface area contributed by atoms with Gasteiger partial charge >= 0.3 is 0 Å². The third-order valence-electron chi connectivity index (χ3n) is 3.45. The molecule has 0 radical (unpaired) electrons. The first-order valence-corrected chi connectivity index (χ1v) is 6.86. The van der Waals surface area contributed by atoms with Crippen LogP contribution in [-0.4, -0.2) is 41.8 Å². The van der Waals surface area contributed by atoms with Crippen molar-refractivity contribution in [1.29, 1.82) is 0 Å². The zero-order chi connectivity index (χ0) is 13.8. The Morgan fingerprint density at radius 2 is 2.05 bits per heavy atom. The molecule has 1 fully saturated rings. The molecule has 3 unspecified atom stereocenters. The second kappa shape index (κ2) is 6.46. The molecule has 3 nitrogen and oxygen atoms in total. The molecule has 3 atom stereocenters. The van der Waals surface area contributed by atoms with Crippen LogP contribution in [0.15, 0.2) is 24.3 Å². The van der Waals surface area contributed by atoms with Crippen molar-refractivity contribution >= 4 is 0 Å². The largest absolute Gasteiger partial charge is 0.388 e. The van der Waals surface area contributed by atoms with Gasteiger partial charge in [0.05, 0.1) is 18.3 Å². The normalized spacial score (nSPS) is 26.3. The van der Waals surface area contributed by atoms with Gasteiger partial charge in [0, 0.05) is 19.6 Å². The minimum Gasteiger partial charge on any atom is -0.388 e. The van der Waals surface area contributed by atoms with Gasteiger partial charge in [-0.25, -0.2) is 4.39 Å². The van der Waals surface area contributed by atoms with Crippen LogP contribution in [0.25, 0.3) is 0 Å². The molecular weight excluding hydrogens is 245 g/mol. The zero-order valence-corrected chi connectivity index (χ0v) is 11.6. The fourth-order valence-electron chi connectivity index (χ4n) is 2.65. The Bertz CT molecular complexity index is 403. The molecule has 1 aromatic rings. The molecule has 1 heterocycles. The lowest BCUT2D eigenvalue weighted by Gasteiger charge is -2.35. The highest BCUT2D eigenvalue weighted by atomic mass is 19.1. The van der Waals surface area contributed by atoms with Crippen molar-refractivity contribution in [3.8, 4) is 0 Å². The average molecular weight is 267 g/mol. The number of ether oxygens (including phenoxy) is 1. The van der Waals surface area contributed by atoms with Gasteiger partial charge in [-0.15, -0.1) is 0 Å². The topological polar surface area (TPSA) is 32.7 Å². The molecular formula is C15H22FNO2. The summed E-state index contributed by atoms with van der Waals surface area (Å²) in [5.41, 5.74) is 0.648. The number of halogens is 1. The van der Waals surface area contributed by atoms with Crippen molar-refractivity contribution in [3.05, 3.63) is 35.6 Å². The van der Waals surface area contributed by atoms with Gasteiger partial charge < -0.3 is 9.84 Å². The van der Waals surface area contributed by atoms with Gasteiger partial charge in [0.25, 0.3) is 0 Å². The Hall–Kier alpha value is -0.970. The van der Waals surface area contributed by atoms with Gasteiger partial charge in [-0.3, -0.25) is 4.90 Å². The Balaban J connectivity index is 1.84. The first kappa shape index (κ1) is 14.4. The monoisotopic (exact) mass is 267 g/mol. The van der Waals surface area contributed by atoms with E-state index in [9.17, 15) is 9.50 Å². The summed E-state index contributed by atoms with van der Waals surface area (Å²) in [6.07, 6.45) is 0.470. The van der Waals surface area contributed by atoms with E-state index >= 15 is 0 Å². The van der Waals surface area contributed by atoms with Crippen molar-refractivity contribution < 1.29 is 14.2 Å². The van der Waals surface area contributed by atoms with E-state index in [0.717, 1.165) is 19.6 Å². The van der Waals surface area contributed by atoms with Crippen molar-refractivity contribution in [1.82, 2.24) is 4.90 Å². The number of morpholine rings is 1. The molecule has 1 aromatic carbocycles. The summed E-state index contributed by atoms with van der Waals surface area (Å²) in [4.78, 5) is 2.29. The first-order chi connectivity index (χ1) is 9.04. The number of hydrogen-bond acceptors (Lipinski definition) is 3. The Kier molecular flexibility index (Phi) is 4.91. The summed E-state index contributed by atoms with van der Waals surface area (Å²) in [6, 6.07) is 6.18. The van der Waals surface area contributed by atoms with Crippen LogP contribution in [0.2, 0.25) is 0 Å². The lowest BCUT2D eigenvalue weighted by Crippen LogP contribution is -2.45. The molecule has 1 aliphatic heterocycles.